The van der Waals surface area contributed by atoms with E-state index >= 15 is 0 Å². The summed E-state index contributed by atoms with van der Waals surface area (Å²) in [5.41, 5.74) is 11.2. The predicted molar refractivity (Wildman–Crippen MR) is 131 cm³/mol. The summed E-state index contributed by atoms with van der Waals surface area (Å²) in [4.78, 5) is 18.9. The maximum atomic E-state index is 13.0. The first-order chi connectivity index (χ1) is 15.5. The molecule has 3 N–H and O–H groups in total. The lowest BCUT2D eigenvalue weighted by molar-refractivity contribution is 0.103. The van der Waals surface area contributed by atoms with Gasteiger partial charge in [0.2, 0.25) is 0 Å². The smallest absolute Gasteiger partial charge is 0.267 e. The van der Waals surface area contributed by atoms with E-state index in [-0.39, 0.29) is 5.91 Å². The van der Waals surface area contributed by atoms with Crippen LogP contribution in [0.25, 0.3) is 32.8 Å². The Bertz CT molecular complexity index is 1420. The van der Waals surface area contributed by atoms with E-state index in [4.69, 9.17) is 26.7 Å². The zero-order chi connectivity index (χ0) is 22.2. The number of hydrogen-bond donors (Lipinski definition) is 2. The molecule has 0 aliphatic rings. The van der Waals surface area contributed by atoms with E-state index in [9.17, 15) is 4.79 Å². The predicted octanol–water partition coefficient (Wildman–Crippen LogP) is 7.02. The Hall–Kier alpha value is -3.61. The largest absolute Gasteiger partial charge is 0.464 e. The van der Waals surface area contributed by atoms with E-state index in [0.717, 1.165) is 16.8 Å². The Kier molecular flexibility index (Phi) is 5.17. The molecule has 0 spiro atoms. The second kappa shape index (κ2) is 8.15. The molecule has 7 heteroatoms. The number of thiophene rings is 1. The van der Waals surface area contributed by atoms with Crippen molar-refractivity contribution in [3.05, 3.63) is 88.5 Å². The molecule has 5 aromatic rings. The topological polar surface area (TPSA) is 81.1 Å². The number of fused-ring (bicyclic) bond motifs is 1. The first-order valence-electron chi connectivity index (χ1n) is 9.90. The minimum absolute atomic E-state index is 0.296. The zero-order valence-electron chi connectivity index (χ0n) is 17.1. The van der Waals surface area contributed by atoms with Gasteiger partial charge in [0.05, 0.1) is 17.6 Å². The third-order valence-corrected chi connectivity index (χ3v) is 6.49. The quantitative estimate of drug-likeness (QED) is 0.302. The standard InChI is InChI=1S/C25H18ClN3O2S/c1-14-4-6-15(7-5-14)19-13-18(20-3-2-12-31-20)21-22(27)23(32-25(21)29-19)24(30)28-17-10-8-16(26)9-11-17/h2-13H,27H2,1H3,(H,28,30). The number of rotatable bonds is 4. The molecule has 3 aromatic heterocycles. The third kappa shape index (κ3) is 3.75. The van der Waals surface area contributed by atoms with Gasteiger partial charge in [-0.3, -0.25) is 4.79 Å². The number of nitrogen functional groups attached to an aromatic ring is 1. The molecule has 0 unspecified atom stereocenters. The number of aromatic nitrogens is 1. The Balaban J connectivity index is 1.64. The maximum absolute atomic E-state index is 13.0. The van der Waals surface area contributed by atoms with Crippen LogP contribution in [0.1, 0.15) is 15.2 Å². The number of anilines is 2. The highest BCUT2D eigenvalue weighted by Gasteiger charge is 2.22. The molecular formula is C25H18ClN3O2S. The van der Waals surface area contributed by atoms with Crippen LogP contribution in [-0.2, 0) is 0 Å². The van der Waals surface area contributed by atoms with Gasteiger partial charge in [-0.2, -0.15) is 0 Å². The summed E-state index contributed by atoms with van der Waals surface area (Å²) in [6, 6.07) is 20.7. The lowest BCUT2D eigenvalue weighted by atomic mass is 10.0. The number of carbonyl (C=O) groups is 1. The molecule has 0 aliphatic heterocycles. The van der Waals surface area contributed by atoms with Gasteiger partial charge in [-0.25, -0.2) is 4.98 Å². The summed E-state index contributed by atoms with van der Waals surface area (Å²) in [5, 5.41) is 4.18. The fraction of sp³-hybridized carbons (Fsp3) is 0.0400. The average Bonchev–Trinajstić information content (AvgIpc) is 3.44. The van der Waals surface area contributed by atoms with Crippen LogP contribution in [0.4, 0.5) is 11.4 Å². The zero-order valence-corrected chi connectivity index (χ0v) is 18.6. The summed E-state index contributed by atoms with van der Waals surface area (Å²) in [6.45, 7) is 2.04. The fourth-order valence-electron chi connectivity index (χ4n) is 3.51. The molecule has 0 atom stereocenters. The molecule has 1 amide bonds. The molecule has 5 rings (SSSR count). The molecule has 0 fully saturated rings. The highest BCUT2D eigenvalue weighted by molar-refractivity contribution is 7.21. The van der Waals surface area contributed by atoms with Gasteiger partial charge in [0.1, 0.15) is 15.5 Å². The number of amides is 1. The number of furan rings is 1. The average molecular weight is 460 g/mol. The Labute approximate surface area is 193 Å². The second-order valence-electron chi connectivity index (χ2n) is 7.38. The van der Waals surface area contributed by atoms with Gasteiger partial charge >= 0.3 is 0 Å². The van der Waals surface area contributed by atoms with Crippen molar-refractivity contribution in [2.75, 3.05) is 11.1 Å². The number of benzene rings is 2. The van der Waals surface area contributed by atoms with E-state index in [1.165, 1.54) is 16.9 Å². The van der Waals surface area contributed by atoms with Crippen LogP contribution in [0.3, 0.4) is 0 Å². The molecule has 3 heterocycles. The molecule has 158 valence electrons. The van der Waals surface area contributed by atoms with Crippen molar-refractivity contribution in [3.8, 4) is 22.6 Å². The molecule has 32 heavy (non-hydrogen) atoms. The minimum atomic E-state index is -0.296. The fourth-order valence-corrected chi connectivity index (χ4v) is 4.65. The van der Waals surface area contributed by atoms with Crippen molar-refractivity contribution >= 4 is 50.4 Å². The van der Waals surface area contributed by atoms with Crippen molar-refractivity contribution in [3.63, 3.8) is 0 Å². The number of nitrogens with one attached hydrogen (secondary N) is 1. The van der Waals surface area contributed by atoms with Crippen molar-refractivity contribution < 1.29 is 9.21 Å². The molecule has 2 aromatic carbocycles. The number of nitrogens with two attached hydrogens (primary N) is 1. The molecule has 0 radical (unpaired) electrons. The lowest BCUT2D eigenvalue weighted by Gasteiger charge is -2.07. The van der Waals surface area contributed by atoms with Crippen molar-refractivity contribution in [1.82, 2.24) is 4.98 Å². The molecule has 0 saturated carbocycles. The number of hydrogen-bond acceptors (Lipinski definition) is 5. The number of nitrogens with zero attached hydrogens (tertiary/aromatic N) is 1. The van der Waals surface area contributed by atoms with Gasteiger partial charge in [0, 0.05) is 27.2 Å². The van der Waals surface area contributed by atoms with Crippen LogP contribution in [0.5, 0.6) is 0 Å². The molecule has 0 bridgehead atoms. The van der Waals surface area contributed by atoms with Gasteiger partial charge in [0.15, 0.2) is 0 Å². The van der Waals surface area contributed by atoms with Gasteiger partial charge in [-0.1, -0.05) is 41.4 Å². The number of carbonyl (C=O) groups excluding carboxylic acids is 1. The summed E-state index contributed by atoms with van der Waals surface area (Å²) in [5.74, 6) is 0.370. The normalized spacial score (nSPS) is 11.1. The monoisotopic (exact) mass is 459 g/mol. The molecule has 5 nitrogen and oxygen atoms in total. The van der Waals surface area contributed by atoms with Crippen molar-refractivity contribution in [2.45, 2.75) is 6.92 Å². The van der Waals surface area contributed by atoms with Gasteiger partial charge in [0.25, 0.3) is 5.91 Å². The van der Waals surface area contributed by atoms with E-state index in [1.54, 1.807) is 30.5 Å². The highest BCUT2D eigenvalue weighted by atomic mass is 35.5. The molecule has 0 aliphatic carbocycles. The van der Waals surface area contributed by atoms with Crippen LogP contribution in [0.2, 0.25) is 5.02 Å². The lowest BCUT2D eigenvalue weighted by Crippen LogP contribution is -2.11. The molecule has 0 saturated heterocycles. The van der Waals surface area contributed by atoms with Crippen LogP contribution in [0.15, 0.2) is 77.4 Å². The highest BCUT2D eigenvalue weighted by Crippen LogP contribution is 2.41. The van der Waals surface area contributed by atoms with Crippen LogP contribution < -0.4 is 11.1 Å². The van der Waals surface area contributed by atoms with E-state index < -0.39 is 0 Å². The van der Waals surface area contributed by atoms with Crippen molar-refractivity contribution in [1.29, 1.82) is 0 Å². The van der Waals surface area contributed by atoms with E-state index in [0.29, 0.717) is 37.3 Å². The Morgan fingerprint density at radius 1 is 1.09 bits per heavy atom. The maximum Gasteiger partial charge on any atom is 0.267 e. The summed E-state index contributed by atoms with van der Waals surface area (Å²) in [7, 11) is 0. The first-order valence-corrected chi connectivity index (χ1v) is 11.1. The third-order valence-electron chi connectivity index (χ3n) is 5.14. The van der Waals surface area contributed by atoms with E-state index in [1.807, 2.05) is 49.4 Å². The van der Waals surface area contributed by atoms with Crippen LogP contribution in [0, 0.1) is 6.92 Å². The first kappa shape index (κ1) is 20.3. The van der Waals surface area contributed by atoms with Gasteiger partial charge < -0.3 is 15.5 Å². The van der Waals surface area contributed by atoms with Crippen molar-refractivity contribution in [2.24, 2.45) is 0 Å². The summed E-state index contributed by atoms with van der Waals surface area (Å²) >= 11 is 7.20. The molecular weight excluding hydrogens is 442 g/mol. The minimum Gasteiger partial charge on any atom is -0.464 e. The second-order valence-corrected chi connectivity index (χ2v) is 8.82. The van der Waals surface area contributed by atoms with E-state index in [2.05, 4.69) is 5.32 Å². The SMILES string of the molecule is Cc1ccc(-c2cc(-c3ccco3)c3c(N)c(C(=O)Nc4ccc(Cl)cc4)sc3n2)cc1. The number of pyridine rings is 1. The number of aryl methyl sites for hydroxylation is 1. The van der Waals surface area contributed by atoms with Crippen LogP contribution >= 0.6 is 22.9 Å². The van der Waals surface area contributed by atoms with Crippen LogP contribution in [-0.4, -0.2) is 10.9 Å². The number of halogens is 1. The Morgan fingerprint density at radius 3 is 2.53 bits per heavy atom. The van der Waals surface area contributed by atoms with Gasteiger partial charge in [-0.05, 0) is 49.4 Å². The summed E-state index contributed by atoms with van der Waals surface area (Å²) in [6.07, 6.45) is 1.61. The van der Waals surface area contributed by atoms with Gasteiger partial charge in [-0.15, -0.1) is 11.3 Å². The summed E-state index contributed by atoms with van der Waals surface area (Å²) < 4.78 is 5.68. The Morgan fingerprint density at radius 2 is 1.84 bits per heavy atom.